The second kappa shape index (κ2) is 3.79. The fourth-order valence-electron chi connectivity index (χ4n) is 2.38. The van der Waals surface area contributed by atoms with E-state index in [0.717, 1.165) is 29.8 Å². The number of benzene rings is 1. The van der Waals surface area contributed by atoms with Crippen molar-refractivity contribution in [3.05, 3.63) is 24.3 Å². The zero-order chi connectivity index (χ0) is 11.0. The molecular weight excluding hydrogens is 202 g/mol. The maximum absolute atomic E-state index is 9.27. The molecule has 1 aliphatic heterocycles. The van der Waals surface area contributed by atoms with Crippen molar-refractivity contribution in [2.45, 2.75) is 19.6 Å². The molecule has 3 rings (SSSR count). The van der Waals surface area contributed by atoms with Gasteiger partial charge in [0.05, 0.1) is 5.52 Å². The summed E-state index contributed by atoms with van der Waals surface area (Å²) < 4.78 is 1.66. The van der Waals surface area contributed by atoms with Crippen molar-refractivity contribution < 1.29 is 5.11 Å². The van der Waals surface area contributed by atoms with Crippen molar-refractivity contribution in [1.29, 1.82) is 0 Å². The third-order valence-corrected chi connectivity index (χ3v) is 3.18. The van der Waals surface area contributed by atoms with Crippen LogP contribution in [0.3, 0.4) is 0 Å². The molecule has 0 aliphatic carbocycles. The lowest BCUT2D eigenvalue weighted by Gasteiger charge is -2.13. The molecule has 0 amide bonds. The van der Waals surface area contributed by atoms with Gasteiger partial charge in [0.1, 0.15) is 6.73 Å². The number of hydrogen-bond donors (Lipinski definition) is 1. The number of rotatable bonds is 2. The van der Waals surface area contributed by atoms with Crippen LogP contribution >= 0.6 is 0 Å². The van der Waals surface area contributed by atoms with E-state index >= 15 is 0 Å². The van der Waals surface area contributed by atoms with Gasteiger partial charge in [-0.1, -0.05) is 12.1 Å². The Labute approximate surface area is 94.1 Å². The van der Waals surface area contributed by atoms with E-state index < -0.39 is 0 Å². The summed E-state index contributed by atoms with van der Waals surface area (Å²) in [7, 11) is 0. The highest BCUT2D eigenvalue weighted by molar-refractivity contribution is 5.90. The fourth-order valence-corrected chi connectivity index (χ4v) is 2.38. The summed E-state index contributed by atoms with van der Waals surface area (Å²) in [6, 6.07) is 8.06. The minimum absolute atomic E-state index is 0.0612. The maximum atomic E-state index is 9.27. The molecule has 4 nitrogen and oxygen atoms in total. The zero-order valence-electron chi connectivity index (χ0n) is 9.13. The summed E-state index contributed by atoms with van der Waals surface area (Å²) >= 11 is 0. The Morgan fingerprint density at radius 3 is 2.69 bits per heavy atom. The molecule has 1 aromatic carbocycles. The topological polar surface area (TPSA) is 41.3 Å². The molecule has 0 unspecified atom stereocenters. The lowest BCUT2D eigenvalue weighted by molar-refractivity contribution is 0.200. The van der Waals surface area contributed by atoms with Crippen LogP contribution in [0.4, 0.5) is 5.82 Å². The van der Waals surface area contributed by atoms with Gasteiger partial charge in [-0.3, -0.25) is 0 Å². The van der Waals surface area contributed by atoms with E-state index in [9.17, 15) is 5.11 Å². The first kappa shape index (κ1) is 9.66. The van der Waals surface area contributed by atoms with E-state index in [-0.39, 0.29) is 6.73 Å². The van der Waals surface area contributed by atoms with Gasteiger partial charge in [-0.15, -0.1) is 0 Å². The van der Waals surface area contributed by atoms with Gasteiger partial charge in [-0.2, -0.15) is 5.10 Å². The minimum atomic E-state index is -0.0612. The number of hydrogen-bond acceptors (Lipinski definition) is 3. The largest absolute Gasteiger partial charge is 0.374 e. The summed E-state index contributed by atoms with van der Waals surface area (Å²) in [4.78, 5) is 2.30. The van der Waals surface area contributed by atoms with Gasteiger partial charge in [-0.05, 0) is 25.0 Å². The molecule has 1 fully saturated rings. The Hall–Kier alpha value is -1.55. The molecule has 2 heterocycles. The van der Waals surface area contributed by atoms with Gasteiger partial charge in [0.2, 0.25) is 0 Å². The van der Waals surface area contributed by atoms with E-state index in [2.05, 4.69) is 16.1 Å². The molecule has 0 saturated carbocycles. The number of anilines is 1. The number of fused-ring (bicyclic) bond motifs is 1. The lowest BCUT2D eigenvalue weighted by Crippen LogP contribution is -2.18. The summed E-state index contributed by atoms with van der Waals surface area (Å²) in [5.41, 5.74) is 1.01. The second-order valence-corrected chi connectivity index (χ2v) is 4.18. The molecule has 1 aliphatic rings. The summed E-state index contributed by atoms with van der Waals surface area (Å²) in [5, 5.41) is 14.9. The Balaban J connectivity index is 2.16. The Morgan fingerprint density at radius 1 is 1.19 bits per heavy atom. The van der Waals surface area contributed by atoms with Gasteiger partial charge in [0.25, 0.3) is 0 Å². The molecule has 84 valence electrons. The first-order chi connectivity index (χ1) is 7.90. The molecule has 1 N–H and O–H groups in total. The number of aromatic nitrogens is 2. The van der Waals surface area contributed by atoms with Crippen molar-refractivity contribution >= 4 is 16.7 Å². The molecular formula is C12H15N3O. The molecule has 4 heteroatoms. The third-order valence-electron chi connectivity index (χ3n) is 3.18. The Bertz CT molecular complexity index is 500. The molecule has 0 spiro atoms. The highest BCUT2D eigenvalue weighted by Gasteiger charge is 2.18. The average molecular weight is 217 g/mol. The minimum Gasteiger partial charge on any atom is -0.374 e. The molecule has 0 atom stereocenters. The van der Waals surface area contributed by atoms with Crippen LogP contribution in [-0.2, 0) is 6.73 Å². The van der Waals surface area contributed by atoms with Crippen molar-refractivity contribution in [3.8, 4) is 0 Å². The van der Waals surface area contributed by atoms with E-state index in [4.69, 9.17) is 0 Å². The van der Waals surface area contributed by atoms with Crippen LogP contribution in [0.15, 0.2) is 24.3 Å². The van der Waals surface area contributed by atoms with Gasteiger partial charge in [0, 0.05) is 18.5 Å². The monoisotopic (exact) mass is 217 g/mol. The van der Waals surface area contributed by atoms with Gasteiger partial charge in [0.15, 0.2) is 5.82 Å². The standard InChI is InChI=1S/C12H15N3O/c16-9-15-11-6-2-1-5-10(11)12(13-15)14-7-3-4-8-14/h1-2,5-6,16H,3-4,7-9H2. The van der Waals surface area contributed by atoms with Crippen LogP contribution in [-0.4, -0.2) is 28.0 Å². The smallest absolute Gasteiger partial charge is 0.158 e. The number of aliphatic hydroxyl groups is 1. The normalized spacial score (nSPS) is 16.2. The van der Waals surface area contributed by atoms with Crippen LogP contribution in [0.5, 0.6) is 0 Å². The average Bonchev–Trinajstić information content (AvgIpc) is 2.95. The highest BCUT2D eigenvalue weighted by atomic mass is 16.3. The van der Waals surface area contributed by atoms with Crippen LogP contribution in [0, 0.1) is 0 Å². The van der Waals surface area contributed by atoms with Crippen LogP contribution in [0.25, 0.3) is 10.9 Å². The van der Waals surface area contributed by atoms with Gasteiger partial charge < -0.3 is 10.0 Å². The third kappa shape index (κ3) is 1.38. The van der Waals surface area contributed by atoms with Crippen LogP contribution < -0.4 is 4.90 Å². The summed E-state index contributed by atoms with van der Waals surface area (Å²) in [6.07, 6.45) is 2.47. The molecule has 2 aromatic rings. The van der Waals surface area contributed by atoms with E-state index in [0.29, 0.717) is 0 Å². The predicted octanol–water partition coefficient (Wildman–Crippen LogP) is 1.59. The van der Waals surface area contributed by atoms with E-state index in [1.807, 2.05) is 18.2 Å². The molecule has 16 heavy (non-hydrogen) atoms. The fraction of sp³-hybridized carbons (Fsp3) is 0.417. The van der Waals surface area contributed by atoms with Crippen molar-refractivity contribution in [3.63, 3.8) is 0 Å². The number of nitrogens with zero attached hydrogens (tertiary/aromatic N) is 3. The molecule has 0 radical (unpaired) electrons. The molecule has 1 aromatic heterocycles. The highest BCUT2D eigenvalue weighted by Crippen LogP contribution is 2.28. The van der Waals surface area contributed by atoms with Crippen LogP contribution in [0.1, 0.15) is 12.8 Å². The molecule has 1 saturated heterocycles. The number of aliphatic hydroxyl groups excluding tert-OH is 1. The first-order valence-electron chi connectivity index (χ1n) is 5.71. The van der Waals surface area contributed by atoms with Crippen molar-refractivity contribution in [1.82, 2.24) is 9.78 Å². The van der Waals surface area contributed by atoms with E-state index in [1.165, 1.54) is 12.8 Å². The lowest BCUT2D eigenvalue weighted by atomic mass is 10.2. The molecule has 0 bridgehead atoms. The SMILES string of the molecule is OCn1nc(N2CCCC2)c2ccccc21. The zero-order valence-corrected chi connectivity index (χ0v) is 9.13. The predicted molar refractivity (Wildman–Crippen MR) is 63.4 cm³/mol. The van der Waals surface area contributed by atoms with Gasteiger partial charge >= 0.3 is 0 Å². The number of para-hydroxylation sites is 1. The van der Waals surface area contributed by atoms with E-state index in [1.54, 1.807) is 4.68 Å². The maximum Gasteiger partial charge on any atom is 0.158 e. The Kier molecular flexibility index (Phi) is 2.29. The van der Waals surface area contributed by atoms with Gasteiger partial charge in [-0.25, -0.2) is 4.68 Å². The summed E-state index contributed by atoms with van der Waals surface area (Å²) in [5.74, 6) is 1.02. The second-order valence-electron chi connectivity index (χ2n) is 4.18. The van der Waals surface area contributed by atoms with Crippen molar-refractivity contribution in [2.75, 3.05) is 18.0 Å². The van der Waals surface area contributed by atoms with Crippen molar-refractivity contribution in [2.24, 2.45) is 0 Å². The quantitative estimate of drug-likeness (QED) is 0.830. The Morgan fingerprint density at radius 2 is 1.94 bits per heavy atom. The summed E-state index contributed by atoms with van der Waals surface area (Å²) in [6.45, 7) is 2.09. The van der Waals surface area contributed by atoms with Crippen LogP contribution in [0.2, 0.25) is 0 Å². The first-order valence-corrected chi connectivity index (χ1v) is 5.71.